The number of nitrogens with one attached hydrogen (secondary N) is 2. The molecule has 4 aromatic carbocycles. The molecule has 0 bridgehead atoms. The molecule has 4 atom stereocenters. The molecule has 0 spiro atoms. The van der Waals surface area contributed by atoms with Crippen LogP contribution in [0.3, 0.4) is 0 Å². The Morgan fingerprint density at radius 1 is 0.591 bits per heavy atom. The van der Waals surface area contributed by atoms with Gasteiger partial charge in [-0.1, -0.05) is 83.9 Å². The Kier molecular flexibility index (Phi) is 7.11. The van der Waals surface area contributed by atoms with E-state index in [2.05, 4.69) is 82.8 Å². The normalized spacial score (nSPS) is 23.0. The number of carbonyl (C=O) groups excluding carboxylic acids is 2. The fourth-order valence-corrected chi connectivity index (χ4v) is 6.92. The molecule has 4 heterocycles. The van der Waals surface area contributed by atoms with Gasteiger partial charge < -0.3 is 31.9 Å². The zero-order chi connectivity index (χ0) is 30.5. The second kappa shape index (κ2) is 11.1. The van der Waals surface area contributed by atoms with E-state index in [4.69, 9.17) is 11.5 Å². The largest absolute Gasteiger partial charge is 0.346 e. The fourth-order valence-electron chi connectivity index (χ4n) is 6.92. The predicted molar refractivity (Wildman–Crippen MR) is 173 cm³/mol. The lowest BCUT2D eigenvalue weighted by molar-refractivity contribution is 0.0916. The Labute approximate surface area is 258 Å². The third kappa shape index (κ3) is 4.80. The number of rotatable bonds is 2. The molecular weight excluding hydrogens is 548 g/mol. The maximum atomic E-state index is 12.5. The molecule has 8 nitrogen and oxygen atoms in total. The van der Waals surface area contributed by atoms with Gasteiger partial charge in [0.05, 0.1) is 22.5 Å². The summed E-state index contributed by atoms with van der Waals surface area (Å²) in [6.07, 6.45) is 1.56. The lowest BCUT2D eigenvalue weighted by Crippen LogP contribution is -2.49. The number of nitrogens with zero attached hydrogens (tertiary/aromatic N) is 2. The van der Waals surface area contributed by atoms with Crippen molar-refractivity contribution in [2.24, 2.45) is 11.5 Å². The summed E-state index contributed by atoms with van der Waals surface area (Å²) >= 11 is 0. The van der Waals surface area contributed by atoms with Crippen molar-refractivity contribution in [1.29, 1.82) is 0 Å². The van der Waals surface area contributed by atoms with Crippen LogP contribution in [0.1, 0.15) is 91.4 Å². The molecule has 6 N–H and O–H groups in total. The Bertz CT molecular complexity index is 1610. The van der Waals surface area contributed by atoms with Crippen LogP contribution in [0.5, 0.6) is 0 Å². The molecule has 0 fully saturated rings. The molecule has 0 aliphatic carbocycles. The van der Waals surface area contributed by atoms with Crippen LogP contribution in [0.2, 0.25) is 0 Å². The van der Waals surface area contributed by atoms with Crippen molar-refractivity contribution in [1.82, 2.24) is 10.6 Å². The summed E-state index contributed by atoms with van der Waals surface area (Å²) in [6.45, 7) is 5.83. The van der Waals surface area contributed by atoms with Gasteiger partial charge in [0, 0.05) is 25.2 Å². The van der Waals surface area contributed by atoms with E-state index in [1.165, 1.54) is 11.1 Å². The monoisotopic (exact) mass is 586 g/mol. The number of anilines is 2. The summed E-state index contributed by atoms with van der Waals surface area (Å²) < 4.78 is 0. The van der Waals surface area contributed by atoms with E-state index in [0.717, 1.165) is 70.7 Å². The van der Waals surface area contributed by atoms with Gasteiger partial charge >= 0.3 is 0 Å². The summed E-state index contributed by atoms with van der Waals surface area (Å²) in [4.78, 5) is 29.6. The first-order valence-corrected chi connectivity index (χ1v) is 15.4. The van der Waals surface area contributed by atoms with Gasteiger partial charge in [-0.2, -0.15) is 0 Å². The van der Waals surface area contributed by atoms with Crippen LogP contribution in [-0.4, -0.2) is 24.9 Å². The number of hydrogen-bond donors (Lipinski definition) is 4. The molecule has 2 amide bonds. The molecule has 0 saturated heterocycles. The first kappa shape index (κ1) is 28.1. The van der Waals surface area contributed by atoms with E-state index in [0.29, 0.717) is 0 Å². The third-order valence-corrected chi connectivity index (χ3v) is 9.30. The molecule has 8 rings (SSSR count). The van der Waals surface area contributed by atoms with Gasteiger partial charge in [0.15, 0.2) is 0 Å². The number of carbonyl (C=O) groups is 2. The minimum Gasteiger partial charge on any atom is -0.346 e. The summed E-state index contributed by atoms with van der Waals surface area (Å²) in [5, 5.41) is 6.26. The molecule has 0 radical (unpaired) electrons. The summed E-state index contributed by atoms with van der Waals surface area (Å²) in [5.41, 5.74) is 22.8. The summed E-state index contributed by atoms with van der Waals surface area (Å²) in [5.74, 6) is -0.0412. The Balaban J connectivity index is 0.000000142. The standard InChI is InChI=1S/2C18H19N3O/c2*1-11-5-7-12(8-6-11)17-20-18(22)14-4-2-3-13-15(19)9-10-21(17)16(13)14/h2*2-8,15,17H,9-10,19H2,1H3,(H,20,22)/t2*15-,17-/m10/s1. The number of para-hydroxylation sites is 2. The molecule has 4 aliphatic heterocycles. The second-order valence-electron chi connectivity index (χ2n) is 12.2. The number of nitrogens with two attached hydrogens (primary N) is 2. The first-order chi connectivity index (χ1) is 21.3. The van der Waals surface area contributed by atoms with Crippen LogP contribution in [0.15, 0.2) is 84.9 Å². The highest BCUT2D eigenvalue weighted by Crippen LogP contribution is 2.43. The lowest BCUT2D eigenvalue weighted by Gasteiger charge is -2.44. The van der Waals surface area contributed by atoms with Crippen LogP contribution >= 0.6 is 0 Å². The van der Waals surface area contributed by atoms with Crippen LogP contribution in [-0.2, 0) is 0 Å². The molecule has 8 heteroatoms. The molecule has 224 valence electrons. The van der Waals surface area contributed by atoms with Gasteiger partial charge in [-0.15, -0.1) is 0 Å². The number of aryl methyl sites for hydroxylation is 2. The minimum absolute atomic E-state index is 0.00997. The fraction of sp³-hybridized carbons (Fsp3) is 0.278. The Morgan fingerprint density at radius 3 is 1.36 bits per heavy atom. The first-order valence-electron chi connectivity index (χ1n) is 15.4. The van der Waals surface area contributed by atoms with E-state index in [-0.39, 0.29) is 36.2 Å². The van der Waals surface area contributed by atoms with E-state index in [9.17, 15) is 9.59 Å². The zero-order valence-electron chi connectivity index (χ0n) is 25.1. The van der Waals surface area contributed by atoms with Crippen LogP contribution in [0, 0.1) is 13.8 Å². The Morgan fingerprint density at radius 2 is 0.977 bits per heavy atom. The van der Waals surface area contributed by atoms with Gasteiger partial charge in [0.2, 0.25) is 0 Å². The van der Waals surface area contributed by atoms with Crippen molar-refractivity contribution in [2.75, 3.05) is 22.9 Å². The highest BCUT2D eigenvalue weighted by molar-refractivity contribution is 6.04. The van der Waals surface area contributed by atoms with E-state index >= 15 is 0 Å². The Hall–Kier alpha value is -4.66. The van der Waals surface area contributed by atoms with Gasteiger partial charge in [-0.3, -0.25) is 9.59 Å². The molecule has 4 aromatic rings. The smallest absolute Gasteiger partial charge is 0.255 e. The average Bonchev–Trinajstić information content (AvgIpc) is 3.04. The highest BCUT2D eigenvalue weighted by atomic mass is 16.2. The van der Waals surface area contributed by atoms with E-state index in [1.807, 2.05) is 36.4 Å². The third-order valence-electron chi connectivity index (χ3n) is 9.30. The highest BCUT2D eigenvalue weighted by Gasteiger charge is 2.38. The lowest BCUT2D eigenvalue weighted by atomic mass is 9.90. The molecule has 4 aliphatic rings. The van der Waals surface area contributed by atoms with Gasteiger partial charge in [0.1, 0.15) is 12.3 Å². The van der Waals surface area contributed by atoms with Gasteiger partial charge in [-0.05, 0) is 61.1 Å². The molecule has 0 aromatic heterocycles. The zero-order valence-corrected chi connectivity index (χ0v) is 25.1. The van der Waals surface area contributed by atoms with Crippen molar-refractivity contribution in [3.05, 3.63) is 129 Å². The molecule has 0 saturated carbocycles. The van der Waals surface area contributed by atoms with Crippen molar-refractivity contribution in [3.8, 4) is 0 Å². The van der Waals surface area contributed by atoms with Crippen molar-refractivity contribution < 1.29 is 9.59 Å². The molecular formula is C36H38N6O2. The number of hydrogen-bond acceptors (Lipinski definition) is 6. The quantitative estimate of drug-likeness (QED) is 0.254. The maximum Gasteiger partial charge on any atom is 0.255 e. The van der Waals surface area contributed by atoms with Gasteiger partial charge in [0.25, 0.3) is 11.8 Å². The predicted octanol–water partition coefficient (Wildman–Crippen LogP) is 5.29. The summed E-state index contributed by atoms with van der Waals surface area (Å²) in [6, 6.07) is 28.4. The van der Waals surface area contributed by atoms with Gasteiger partial charge in [-0.25, -0.2) is 0 Å². The number of benzene rings is 4. The van der Waals surface area contributed by atoms with Crippen molar-refractivity contribution in [2.45, 2.75) is 51.1 Å². The molecule has 44 heavy (non-hydrogen) atoms. The van der Waals surface area contributed by atoms with E-state index < -0.39 is 0 Å². The number of amides is 2. The van der Waals surface area contributed by atoms with Crippen molar-refractivity contribution >= 4 is 23.2 Å². The minimum atomic E-state index is -0.116. The summed E-state index contributed by atoms with van der Waals surface area (Å²) in [7, 11) is 0. The van der Waals surface area contributed by atoms with Crippen molar-refractivity contribution in [3.63, 3.8) is 0 Å². The second-order valence-corrected chi connectivity index (χ2v) is 12.2. The topological polar surface area (TPSA) is 117 Å². The van der Waals surface area contributed by atoms with Crippen LogP contribution in [0.4, 0.5) is 11.4 Å². The van der Waals surface area contributed by atoms with Crippen LogP contribution in [0.25, 0.3) is 0 Å². The maximum absolute atomic E-state index is 12.5. The molecule has 0 unspecified atom stereocenters. The van der Waals surface area contributed by atoms with E-state index in [1.54, 1.807) is 0 Å². The van der Waals surface area contributed by atoms with Crippen LogP contribution < -0.4 is 31.9 Å². The average molecular weight is 587 g/mol. The SMILES string of the molecule is Cc1ccc([C@@H]2NC(=O)c3cccc4c3N2CC[C@H]4N)cc1.Cc1ccc([C@H]2NC(=O)c3cccc4c3N2CC[C@@H]4N)cc1.